The van der Waals surface area contributed by atoms with Gasteiger partial charge in [-0.3, -0.25) is 9.59 Å². The largest absolute Gasteiger partial charge is 0.493 e. The average molecular weight is 436 g/mol. The molecular formula is C28H37NO3. The molecule has 0 aromatic rings. The molecule has 0 aliphatic heterocycles. The Morgan fingerprint density at radius 1 is 1.09 bits per heavy atom. The van der Waals surface area contributed by atoms with Crippen molar-refractivity contribution in [3.63, 3.8) is 0 Å². The fraction of sp³-hybridized carbons (Fsp3) is 0.643. The van der Waals surface area contributed by atoms with Crippen LogP contribution in [0.1, 0.15) is 58.3 Å². The van der Waals surface area contributed by atoms with E-state index in [2.05, 4.69) is 44.1 Å². The predicted octanol–water partition coefficient (Wildman–Crippen LogP) is 5.03. The van der Waals surface area contributed by atoms with Crippen molar-refractivity contribution in [3.8, 4) is 0 Å². The summed E-state index contributed by atoms with van der Waals surface area (Å²) in [7, 11) is 4.12. The quantitative estimate of drug-likeness (QED) is 0.608. The molecule has 172 valence electrons. The lowest BCUT2D eigenvalue weighted by Gasteiger charge is -2.51. The van der Waals surface area contributed by atoms with Crippen LogP contribution in [0, 0.1) is 29.1 Å². The van der Waals surface area contributed by atoms with Gasteiger partial charge in [0.05, 0.1) is 0 Å². The number of nitrogens with zero attached hydrogens (tertiary/aromatic N) is 1. The van der Waals surface area contributed by atoms with E-state index < -0.39 is 0 Å². The molecule has 2 saturated carbocycles. The minimum Gasteiger partial charge on any atom is -0.493 e. The minimum absolute atomic E-state index is 0.175. The number of carbonyl (C=O) groups is 2. The van der Waals surface area contributed by atoms with Crippen LogP contribution in [0.15, 0.2) is 46.8 Å². The normalized spacial score (nSPS) is 36.5. The Morgan fingerprint density at radius 3 is 2.69 bits per heavy atom. The fourth-order valence-corrected chi connectivity index (χ4v) is 7.25. The molecule has 2 fully saturated rings. The van der Waals surface area contributed by atoms with Crippen LogP contribution in [0.2, 0.25) is 0 Å². The number of ketones is 2. The van der Waals surface area contributed by atoms with Crippen LogP contribution < -0.4 is 0 Å². The van der Waals surface area contributed by atoms with Crippen LogP contribution in [-0.2, 0) is 14.3 Å². The van der Waals surface area contributed by atoms with Crippen LogP contribution in [0.5, 0.6) is 0 Å². The molecule has 0 spiro atoms. The number of ether oxygens (including phenoxy) is 1. The van der Waals surface area contributed by atoms with Crippen molar-refractivity contribution in [2.45, 2.75) is 58.3 Å². The molecule has 0 N–H and O–H groups in total. The summed E-state index contributed by atoms with van der Waals surface area (Å²) in [5, 5.41) is 0. The highest BCUT2D eigenvalue weighted by atomic mass is 16.5. The van der Waals surface area contributed by atoms with Gasteiger partial charge in [0.2, 0.25) is 0 Å². The smallest absolute Gasteiger partial charge is 0.156 e. The van der Waals surface area contributed by atoms with Crippen molar-refractivity contribution in [2.75, 3.05) is 27.2 Å². The van der Waals surface area contributed by atoms with Gasteiger partial charge in [0.1, 0.15) is 18.1 Å². The number of fused-ring (bicyclic) bond motifs is 4. The third-order valence-electron chi connectivity index (χ3n) is 8.91. The van der Waals surface area contributed by atoms with Gasteiger partial charge in [-0.2, -0.15) is 0 Å². The molecule has 5 atom stereocenters. The Kier molecular flexibility index (Phi) is 5.77. The molecule has 5 rings (SSSR count). The van der Waals surface area contributed by atoms with E-state index in [1.54, 1.807) is 5.57 Å². The van der Waals surface area contributed by atoms with Gasteiger partial charge in [-0.05, 0) is 106 Å². The average Bonchev–Trinajstić information content (AvgIpc) is 3.07. The van der Waals surface area contributed by atoms with E-state index in [4.69, 9.17) is 4.74 Å². The second-order valence-electron chi connectivity index (χ2n) is 11.0. The first-order chi connectivity index (χ1) is 15.4. The molecular weight excluding hydrogens is 398 g/mol. The highest BCUT2D eigenvalue weighted by molar-refractivity contribution is 5.93. The van der Waals surface area contributed by atoms with E-state index in [0.29, 0.717) is 42.5 Å². The molecule has 0 heterocycles. The standard InChI is InChI=1S/C28H37NO3/c1-28-17-24(18-4-8-21(9-5-18)32-15-14-29(2)3)27-22-11-7-20(30)16-19(22)6-10-23(27)25(28)12-13-26(28)31/h4,8-9,16,18,23-25H,5-7,10-15,17H2,1-3H3/t18?,23?,24-,25?,28-/m0/s1. The summed E-state index contributed by atoms with van der Waals surface area (Å²) >= 11 is 0. The Balaban J connectivity index is 1.45. The molecule has 0 saturated heterocycles. The number of rotatable bonds is 5. The monoisotopic (exact) mass is 435 g/mol. The molecule has 4 heteroatoms. The molecule has 0 bridgehead atoms. The van der Waals surface area contributed by atoms with E-state index in [0.717, 1.165) is 57.2 Å². The van der Waals surface area contributed by atoms with Crippen molar-refractivity contribution in [2.24, 2.45) is 29.1 Å². The topological polar surface area (TPSA) is 46.6 Å². The molecule has 0 aromatic carbocycles. The number of carbonyl (C=O) groups excluding carboxylic acids is 2. The SMILES string of the molecule is CN(C)CCOC1=CCC([C@@H]2C[C@]3(C)C(=O)CCC3C3CCC4=CC(=O)CCC4=C32)C=C1. The highest BCUT2D eigenvalue weighted by Crippen LogP contribution is 2.62. The maximum absolute atomic E-state index is 13.1. The van der Waals surface area contributed by atoms with Gasteiger partial charge < -0.3 is 9.64 Å². The summed E-state index contributed by atoms with van der Waals surface area (Å²) in [6.07, 6.45) is 16.1. The molecule has 32 heavy (non-hydrogen) atoms. The number of Topliss-reactive ketones (excluding diaryl/α,β-unsaturated/α-hetero) is 1. The van der Waals surface area contributed by atoms with E-state index in [1.165, 1.54) is 11.1 Å². The van der Waals surface area contributed by atoms with Crippen LogP contribution in [-0.4, -0.2) is 43.7 Å². The third-order valence-corrected chi connectivity index (χ3v) is 8.91. The lowest BCUT2D eigenvalue weighted by atomic mass is 9.52. The van der Waals surface area contributed by atoms with Gasteiger partial charge in [-0.15, -0.1) is 0 Å². The maximum Gasteiger partial charge on any atom is 0.156 e. The summed E-state index contributed by atoms with van der Waals surface area (Å²) in [6.45, 7) is 3.87. The lowest BCUT2D eigenvalue weighted by Crippen LogP contribution is -2.46. The number of hydrogen-bond donors (Lipinski definition) is 0. The fourth-order valence-electron chi connectivity index (χ4n) is 7.25. The zero-order chi connectivity index (χ0) is 22.5. The predicted molar refractivity (Wildman–Crippen MR) is 126 cm³/mol. The Hall–Kier alpha value is -1.94. The summed E-state index contributed by atoms with van der Waals surface area (Å²) in [5.41, 5.74) is 4.23. The van der Waals surface area contributed by atoms with Gasteiger partial charge in [0.25, 0.3) is 0 Å². The zero-order valence-electron chi connectivity index (χ0n) is 19.9. The first-order valence-electron chi connectivity index (χ1n) is 12.5. The highest BCUT2D eigenvalue weighted by Gasteiger charge is 2.57. The van der Waals surface area contributed by atoms with Gasteiger partial charge in [-0.1, -0.05) is 18.6 Å². The van der Waals surface area contributed by atoms with Crippen molar-refractivity contribution in [1.29, 1.82) is 0 Å². The Bertz CT molecular complexity index is 936. The summed E-state index contributed by atoms with van der Waals surface area (Å²) in [5.74, 6) is 3.55. The van der Waals surface area contributed by atoms with Crippen molar-refractivity contribution in [3.05, 3.63) is 46.8 Å². The van der Waals surface area contributed by atoms with Crippen LogP contribution in [0.4, 0.5) is 0 Å². The summed E-state index contributed by atoms with van der Waals surface area (Å²) < 4.78 is 5.96. The summed E-state index contributed by atoms with van der Waals surface area (Å²) in [6, 6.07) is 0. The first kappa shape index (κ1) is 21.9. The first-order valence-corrected chi connectivity index (χ1v) is 12.5. The molecule has 0 radical (unpaired) electrons. The molecule has 5 aliphatic rings. The molecule has 3 unspecified atom stereocenters. The molecule has 4 nitrogen and oxygen atoms in total. The minimum atomic E-state index is -0.175. The maximum atomic E-state index is 13.1. The second kappa shape index (κ2) is 8.44. The van der Waals surface area contributed by atoms with E-state index in [1.807, 2.05) is 6.08 Å². The van der Waals surface area contributed by atoms with Gasteiger partial charge in [-0.25, -0.2) is 0 Å². The van der Waals surface area contributed by atoms with Crippen molar-refractivity contribution < 1.29 is 14.3 Å². The van der Waals surface area contributed by atoms with Crippen LogP contribution in [0.25, 0.3) is 0 Å². The lowest BCUT2D eigenvalue weighted by molar-refractivity contribution is -0.129. The number of hydrogen-bond acceptors (Lipinski definition) is 4. The Labute approximate surface area is 192 Å². The van der Waals surface area contributed by atoms with Crippen LogP contribution >= 0.6 is 0 Å². The van der Waals surface area contributed by atoms with E-state index >= 15 is 0 Å². The summed E-state index contributed by atoms with van der Waals surface area (Å²) in [4.78, 5) is 27.3. The molecule has 5 aliphatic carbocycles. The van der Waals surface area contributed by atoms with E-state index in [9.17, 15) is 9.59 Å². The van der Waals surface area contributed by atoms with Gasteiger partial charge in [0.15, 0.2) is 5.78 Å². The van der Waals surface area contributed by atoms with Gasteiger partial charge in [0, 0.05) is 24.8 Å². The molecule has 0 aromatic heterocycles. The third kappa shape index (κ3) is 3.75. The Morgan fingerprint density at radius 2 is 1.94 bits per heavy atom. The van der Waals surface area contributed by atoms with Gasteiger partial charge >= 0.3 is 0 Å². The van der Waals surface area contributed by atoms with Crippen molar-refractivity contribution >= 4 is 11.6 Å². The number of allylic oxidation sites excluding steroid dienone is 7. The van der Waals surface area contributed by atoms with Crippen molar-refractivity contribution in [1.82, 2.24) is 4.90 Å². The van der Waals surface area contributed by atoms with Crippen LogP contribution in [0.3, 0.4) is 0 Å². The second-order valence-corrected chi connectivity index (χ2v) is 11.0. The molecule has 0 amide bonds. The number of likely N-dealkylation sites (N-methyl/N-ethyl adjacent to an activating group) is 1. The zero-order valence-corrected chi connectivity index (χ0v) is 19.9. The van der Waals surface area contributed by atoms with E-state index in [-0.39, 0.29) is 11.2 Å².